The number of benzene rings is 1. The molecule has 0 fully saturated rings. The predicted octanol–water partition coefficient (Wildman–Crippen LogP) is 2.30. The van der Waals surface area contributed by atoms with E-state index in [4.69, 9.17) is 14.9 Å². The number of rotatable bonds is 5. The van der Waals surface area contributed by atoms with Crippen LogP contribution in [0.1, 0.15) is 12.5 Å². The lowest BCUT2D eigenvalue weighted by Gasteiger charge is -2.03. The van der Waals surface area contributed by atoms with Gasteiger partial charge in [-0.05, 0) is 24.6 Å². The molecular formula is C14H16N2O3. The molecule has 0 bridgehead atoms. The second-order valence-electron chi connectivity index (χ2n) is 4.10. The lowest BCUT2D eigenvalue weighted by molar-refractivity contribution is -0.135. The van der Waals surface area contributed by atoms with E-state index in [9.17, 15) is 4.79 Å². The van der Waals surface area contributed by atoms with Gasteiger partial charge in [0.05, 0.1) is 13.7 Å². The van der Waals surface area contributed by atoms with Crippen LogP contribution in [0.4, 0.5) is 0 Å². The summed E-state index contributed by atoms with van der Waals surface area (Å²) in [6, 6.07) is 5.65. The van der Waals surface area contributed by atoms with Crippen molar-refractivity contribution in [1.29, 1.82) is 5.41 Å². The summed E-state index contributed by atoms with van der Waals surface area (Å²) in [5.41, 5.74) is 1.78. The summed E-state index contributed by atoms with van der Waals surface area (Å²) in [5, 5.41) is 8.70. The third-order valence-corrected chi connectivity index (χ3v) is 2.86. The Morgan fingerprint density at radius 3 is 2.89 bits per heavy atom. The molecule has 0 aliphatic heterocycles. The molecule has 0 atom stereocenters. The third-order valence-electron chi connectivity index (χ3n) is 2.86. The second kappa shape index (κ2) is 5.56. The Morgan fingerprint density at radius 2 is 2.21 bits per heavy atom. The normalized spacial score (nSPS) is 10.4. The quantitative estimate of drug-likeness (QED) is 0.639. The number of fused-ring (bicyclic) bond motifs is 1. The molecule has 1 aromatic carbocycles. The van der Waals surface area contributed by atoms with Crippen molar-refractivity contribution >= 4 is 22.6 Å². The number of hydrogen-bond acceptors (Lipinski definition) is 4. The number of carbonyl (C=O) groups is 1. The molecule has 0 aliphatic carbocycles. The Hall–Kier alpha value is -2.30. The van der Waals surface area contributed by atoms with Gasteiger partial charge in [0.1, 0.15) is 11.5 Å². The summed E-state index contributed by atoms with van der Waals surface area (Å²) < 4.78 is 9.95. The molecular weight excluding hydrogens is 244 g/mol. The molecule has 0 saturated carbocycles. The Labute approximate surface area is 111 Å². The van der Waals surface area contributed by atoms with Crippen LogP contribution in [0.3, 0.4) is 0 Å². The standard InChI is InChI=1S/C14H16N2O3/c1-3-19-14(17)12(15)6-9-8-16-13-7-10(18-2)4-5-11(9)13/h4-5,7-8,15-16H,3,6H2,1-2H3. The molecule has 0 aliphatic rings. The van der Waals surface area contributed by atoms with Gasteiger partial charge in [-0.2, -0.15) is 0 Å². The summed E-state index contributed by atoms with van der Waals surface area (Å²) in [6.07, 6.45) is 2.06. The minimum atomic E-state index is -0.564. The number of esters is 1. The second-order valence-corrected chi connectivity index (χ2v) is 4.10. The molecule has 0 saturated heterocycles. The fourth-order valence-electron chi connectivity index (χ4n) is 1.92. The summed E-state index contributed by atoms with van der Waals surface area (Å²) in [5.74, 6) is 0.201. The lowest BCUT2D eigenvalue weighted by Crippen LogP contribution is -2.18. The highest BCUT2D eigenvalue weighted by Crippen LogP contribution is 2.23. The van der Waals surface area contributed by atoms with Crippen LogP contribution >= 0.6 is 0 Å². The first-order valence-electron chi connectivity index (χ1n) is 6.04. The van der Waals surface area contributed by atoms with Crippen molar-refractivity contribution in [3.63, 3.8) is 0 Å². The van der Waals surface area contributed by atoms with Crippen LogP contribution in [0, 0.1) is 5.41 Å². The van der Waals surface area contributed by atoms with Gasteiger partial charge in [0.25, 0.3) is 0 Å². The zero-order valence-corrected chi connectivity index (χ0v) is 10.9. The van der Waals surface area contributed by atoms with E-state index < -0.39 is 5.97 Å². The molecule has 0 radical (unpaired) electrons. The van der Waals surface area contributed by atoms with Crippen molar-refractivity contribution in [3.8, 4) is 5.75 Å². The van der Waals surface area contributed by atoms with E-state index >= 15 is 0 Å². The highest BCUT2D eigenvalue weighted by atomic mass is 16.5. The maximum absolute atomic E-state index is 11.4. The van der Waals surface area contributed by atoms with Gasteiger partial charge in [-0.15, -0.1) is 0 Å². The molecule has 19 heavy (non-hydrogen) atoms. The third kappa shape index (κ3) is 2.76. The highest BCUT2D eigenvalue weighted by Gasteiger charge is 2.13. The Bertz CT molecular complexity index is 616. The van der Waals surface area contributed by atoms with Gasteiger partial charge in [0.2, 0.25) is 0 Å². The molecule has 5 heteroatoms. The van der Waals surface area contributed by atoms with Crippen molar-refractivity contribution in [1.82, 2.24) is 4.98 Å². The smallest absolute Gasteiger partial charge is 0.352 e. The van der Waals surface area contributed by atoms with Gasteiger partial charge in [0.15, 0.2) is 0 Å². The van der Waals surface area contributed by atoms with E-state index in [0.29, 0.717) is 0 Å². The lowest BCUT2D eigenvalue weighted by atomic mass is 10.1. The van der Waals surface area contributed by atoms with Gasteiger partial charge in [-0.25, -0.2) is 4.79 Å². The monoisotopic (exact) mass is 260 g/mol. The average Bonchev–Trinajstić information content (AvgIpc) is 2.81. The van der Waals surface area contributed by atoms with E-state index in [1.807, 2.05) is 18.2 Å². The fraction of sp³-hybridized carbons (Fsp3) is 0.286. The molecule has 1 heterocycles. The first-order chi connectivity index (χ1) is 9.15. The minimum Gasteiger partial charge on any atom is -0.497 e. The maximum Gasteiger partial charge on any atom is 0.352 e. The summed E-state index contributed by atoms with van der Waals surface area (Å²) >= 11 is 0. The number of ether oxygens (including phenoxy) is 2. The molecule has 2 aromatic rings. The number of nitrogens with one attached hydrogen (secondary N) is 2. The van der Waals surface area contributed by atoms with Crippen molar-refractivity contribution < 1.29 is 14.3 Å². The van der Waals surface area contributed by atoms with Gasteiger partial charge in [0, 0.05) is 29.6 Å². The number of aromatic amines is 1. The van der Waals surface area contributed by atoms with Crippen LogP contribution in [0.2, 0.25) is 0 Å². The van der Waals surface area contributed by atoms with E-state index in [0.717, 1.165) is 22.2 Å². The molecule has 0 unspecified atom stereocenters. The summed E-state index contributed by atoms with van der Waals surface area (Å²) in [6.45, 7) is 2.01. The predicted molar refractivity (Wildman–Crippen MR) is 72.9 cm³/mol. The maximum atomic E-state index is 11.4. The van der Waals surface area contributed by atoms with Crippen LogP contribution in [0.25, 0.3) is 10.9 Å². The minimum absolute atomic E-state index is 0.0430. The van der Waals surface area contributed by atoms with Gasteiger partial charge >= 0.3 is 5.97 Å². The van der Waals surface area contributed by atoms with Crippen LogP contribution < -0.4 is 4.74 Å². The van der Waals surface area contributed by atoms with Gasteiger partial charge in [-0.3, -0.25) is 5.41 Å². The van der Waals surface area contributed by atoms with Crippen molar-refractivity contribution in [2.24, 2.45) is 0 Å². The Morgan fingerprint density at radius 1 is 1.42 bits per heavy atom. The zero-order chi connectivity index (χ0) is 13.8. The van der Waals surface area contributed by atoms with E-state index in [2.05, 4.69) is 4.98 Å². The zero-order valence-electron chi connectivity index (χ0n) is 10.9. The largest absolute Gasteiger partial charge is 0.497 e. The highest BCUT2D eigenvalue weighted by molar-refractivity contribution is 6.35. The van der Waals surface area contributed by atoms with Crippen LogP contribution in [0.15, 0.2) is 24.4 Å². The van der Waals surface area contributed by atoms with Crippen LogP contribution in [0.5, 0.6) is 5.75 Å². The van der Waals surface area contributed by atoms with Gasteiger partial charge < -0.3 is 14.5 Å². The number of H-pyrrole nitrogens is 1. The number of hydrogen-bond donors (Lipinski definition) is 2. The summed E-state index contributed by atoms with van der Waals surface area (Å²) in [4.78, 5) is 14.5. The van der Waals surface area contributed by atoms with E-state index in [-0.39, 0.29) is 18.7 Å². The summed E-state index contributed by atoms with van der Waals surface area (Å²) in [7, 11) is 1.61. The van der Waals surface area contributed by atoms with Crippen LogP contribution in [-0.4, -0.2) is 30.4 Å². The Kier molecular flexibility index (Phi) is 3.85. The molecule has 0 spiro atoms. The number of carbonyl (C=O) groups excluding carboxylic acids is 1. The van der Waals surface area contributed by atoms with E-state index in [1.165, 1.54) is 0 Å². The van der Waals surface area contributed by atoms with E-state index in [1.54, 1.807) is 20.2 Å². The van der Waals surface area contributed by atoms with Crippen molar-refractivity contribution in [2.45, 2.75) is 13.3 Å². The van der Waals surface area contributed by atoms with Crippen molar-refractivity contribution in [3.05, 3.63) is 30.0 Å². The average molecular weight is 260 g/mol. The SMILES string of the molecule is CCOC(=O)C(=N)Cc1c[nH]c2cc(OC)ccc12. The molecule has 0 amide bonds. The van der Waals surface area contributed by atoms with Gasteiger partial charge in [-0.1, -0.05) is 0 Å². The van der Waals surface area contributed by atoms with Crippen LogP contribution in [-0.2, 0) is 16.0 Å². The fourth-order valence-corrected chi connectivity index (χ4v) is 1.92. The number of methoxy groups -OCH3 is 1. The molecule has 2 N–H and O–H groups in total. The molecule has 1 aromatic heterocycles. The first kappa shape index (κ1) is 13.1. The topological polar surface area (TPSA) is 75.2 Å². The number of aromatic nitrogens is 1. The first-order valence-corrected chi connectivity index (χ1v) is 6.04. The molecule has 100 valence electrons. The molecule has 2 rings (SSSR count). The Balaban J connectivity index is 2.22. The van der Waals surface area contributed by atoms with Crippen molar-refractivity contribution in [2.75, 3.05) is 13.7 Å². The molecule has 5 nitrogen and oxygen atoms in total.